The van der Waals surface area contributed by atoms with Gasteiger partial charge in [0.1, 0.15) is 11.0 Å². The van der Waals surface area contributed by atoms with Crippen molar-refractivity contribution in [2.75, 3.05) is 6.54 Å². The van der Waals surface area contributed by atoms with E-state index >= 15 is 0 Å². The standard InChI is InChI=1S/C16H20ClN3/c1-19-15(17)11-18-16(19)12-20-9-5-8-14(20)10-13-6-3-2-4-7-13/h2-4,6-7,11,14H,5,8-10,12H2,1H3. The molecule has 2 heterocycles. The van der Waals surface area contributed by atoms with Gasteiger partial charge in [0.05, 0.1) is 12.7 Å². The highest BCUT2D eigenvalue weighted by Gasteiger charge is 2.25. The molecule has 0 radical (unpaired) electrons. The first-order valence-electron chi connectivity index (χ1n) is 7.18. The molecule has 3 nitrogen and oxygen atoms in total. The molecule has 20 heavy (non-hydrogen) atoms. The molecule has 0 amide bonds. The van der Waals surface area contributed by atoms with Crippen LogP contribution in [0.15, 0.2) is 36.5 Å². The van der Waals surface area contributed by atoms with Crippen molar-refractivity contribution < 1.29 is 0 Å². The highest BCUT2D eigenvalue weighted by molar-refractivity contribution is 6.29. The van der Waals surface area contributed by atoms with Crippen LogP contribution in [0.1, 0.15) is 24.2 Å². The van der Waals surface area contributed by atoms with Gasteiger partial charge in [-0.25, -0.2) is 4.98 Å². The van der Waals surface area contributed by atoms with Crippen molar-refractivity contribution in [2.24, 2.45) is 7.05 Å². The van der Waals surface area contributed by atoms with Crippen LogP contribution in [0.25, 0.3) is 0 Å². The van der Waals surface area contributed by atoms with E-state index in [1.54, 1.807) is 6.20 Å². The number of likely N-dealkylation sites (tertiary alicyclic amines) is 1. The Morgan fingerprint density at radius 2 is 2.10 bits per heavy atom. The van der Waals surface area contributed by atoms with Crippen LogP contribution < -0.4 is 0 Å². The SMILES string of the molecule is Cn1c(Cl)cnc1CN1CCCC1Cc1ccccc1. The molecule has 0 N–H and O–H groups in total. The quantitative estimate of drug-likeness (QED) is 0.861. The van der Waals surface area contributed by atoms with Gasteiger partial charge >= 0.3 is 0 Å². The third-order valence-corrected chi connectivity index (χ3v) is 4.54. The summed E-state index contributed by atoms with van der Waals surface area (Å²) in [7, 11) is 1.98. The Bertz CT molecular complexity index is 564. The first-order chi connectivity index (χ1) is 9.74. The molecule has 0 saturated carbocycles. The third kappa shape index (κ3) is 2.89. The number of hydrogen-bond donors (Lipinski definition) is 0. The highest BCUT2D eigenvalue weighted by atomic mass is 35.5. The van der Waals surface area contributed by atoms with Crippen LogP contribution >= 0.6 is 11.6 Å². The van der Waals surface area contributed by atoms with Crippen LogP contribution in [0.3, 0.4) is 0 Å². The zero-order chi connectivity index (χ0) is 13.9. The van der Waals surface area contributed by atoms with Crippen molar-refractivity contribution in [1.29, 1.82) is 0 Å². The molecule has 1 unspecified atom stereocenters. The Kier molecular flexibility index (Phi) is 4.08. The van der Waals surface area contributed by atoms with E-state index in [-0.39, 0.29) is 0 Å². The van der Waals surface area contributed by atoms with Gasteiger partial charge in [-0.05, 0) is 31.4 Å². The van der Waals surface area contributed by atoms with Crippen LogP contribution in [-0.2, 0) is 20.0 Å². The van der Waals surface area contributed by atoms with Crippen LogP contribution in [0, 0.1) is 0 Å². The molecule has 0 bridgehead atoms. The van der Waals surface area contributed by atoms with Gasteiger partial charge in [0.15, 0.2) is 0 Å². The minimum atomic E-state index is 0.618. The minimum Gasteiger partial charge on any atom is -0.321 e. The molecule has 4 heteroatoms. The summed E-state index contributed by atoms with van der Waals surface area (Å²) >= 11 is 6.06. The number of halogens is 1. The van der Waals surface area contributed by atoms with Gasteiger partial charge in [0.25, 0.3) is 0 Å². The fourth-order valence-electron chi connectivity index (χ4n) is 2.97. The maximum absolute atomic E-state index is 6.06. The zero-order valence-electron chi connectivity index (χ0n) is 11.8. The summed E-state index contributed by atoms with van der Waals surface area (Å²) in [4.78, 5) is 6.94. The second-order valence-electron chi connectivity index (χ2n) is 5.51. The minimum absolute atomic E-state index is 0.618. The van der Waals surface area contributed by atoms with Crippen LogP contribution in [0.4, 0.5) is 0 Å². The lowest BCUT2D eigenvalue weighted by molar-refractivity contribution is 0.236. The van der Waals surface area contributed by atoms with Gasteiger partial charge in [-0.3, -0.25) is 4.90 Å². The molecule has 1 aliphatic rings. The maximum Gasteiger partial charge on any atom is 0.128 e. The molecule has 1 aromatic heterocycles. The number of aromatic nitrogens is 2. The molecule has 0 spiro atoms. The average molecular weight is 290 g/mol. The van der Waals surface area contributed by atoms with E-state index in [2.05, 4.69) is 40.2 Å². The summed E-state index contributed by atoms with van der Waals surface area (Å²) in [6, 6.07) is 11.4. The summed E-state index contributed by atoms with van der Waals surface area (Å²) in [6.07, 6.45) is 5.40. The van der Waals surface area contributed by atoms with Crippen molar-refractivity contribution >= 4 is 11.6 Å². The molecule has 106 valence electrons. The molecule has 1 aromatic carbocycles. The summed E-state index contributed by atoms with van der Waals surface area (Å²) < 4.78 is 1.97. The van der Waals surface area contributed by atoms with E-state index in [4.69, 9.17) is 11.6 Å². The van der Waals surface area contributed by atoms with Crippen molar-refractivity contribution in [3.63, 3.8) is 0 Å². The topological polar surface area (TPSA) is 21.1 Å². The molecule has 1 fully saturated rings. The monoisotopic (exact) mass is 289 g/mol. The second-order valence-corrected chi connectivity index (χ2v) is 5.90. The number of benzene rings is 1. The molecular weight excluding hydrogens is 270 g/mol. The number of rotatable bonds is 4. The Labute approximate surface area is 125 Å². The van der Waals surface area contributed by atoms with E-state index < -0.39 is 0 Å². The first-order valence-corrected chi connectivity index (χ1v) is 7.56. The second kappa shape index (κ2) is 5.98. The highest BCUT2D eigenvalue weighted by Crippen LogP contribution is 2.23. The predicted octanol–water partition coefficient (Wildman–Crippen LogP) is 3.28. The van der Waals surface area contributed by atoms with Crippen LogP contribution in [0.2, 0.25) is 5.15 Å². The molecule has 2 aromatic rings. The van der Waals surface area contributed by atoms with E-state index in [0.29, 0.717) is 11.2 Å². The van der Waals surface area contributed by atoms with Gasteiger partial charge in [-0.2, -0.15) is 0 Å². The van der Waals surface area contributed by atoms with E-state index in [1.165, 1.54) is 18.4 Å². The lowest BCUT2D eigenvalue weighted by atomic mass is 10.0. The van der Waals surface area contributed by atoms with E-state index in [0.717, 1.165) is 25.3 Å². The predicted molar refractivity (Wildman–Crippen MR) is 81.8 cm³/mol. The van der Waals surface area contributed by atoms with Crippen molar-refractivity contribution in [3.8, 4) is 0 Å². The average Bonchev–Trinajstić information content (AvgIpc) is 3.02. The third-order valence-electron chi connectivity index (χ3n) is 4.19. The molecule has 3 rings (SSSR count). The summed E-state index contributed by atoms with van der Waals surface area (Å²) in [6.45, 7) is 2.04. The van der Waals surface area contributed by atoms with Gasteiger partial charge in [0, 0.05) is 13.1 Å². The van der Waals surface area contributed by atoms with Crippen molar-refractivity contribution in [1.82, 2.24) is 14.5 Å². The van der Waals surface area contributed by atoms with E-state index in [9.17, 15) is 0 Å². The summed E-state index contributed by atoms with van der Waals surface area (Å²) in [5, 5.41) is 0.707. The fraction of sp³-hybridized carbons (Fsp3) is 0.438. The van der Waals surface area contributed by atoms with Gasteiger partial charge in [0.2, 0.25) is 0 Å². The van der Waals surface area contributed by atoms with Gasteiger partial charge < -0.3 is 4.57 Å². The lowest BCUT2D eigenvalue weighted by Crippen LogP contribution is -2.31. The van der Waals surface area contributed by atoms with Crippen molar-refractivity contribution in [3.05, 3.63) is 53.1 Å². The fourth-order valence-corrected chi connectivity index (χ4v) is 3.12. The number of nitrogens with zero attached hydrogens (tertiary/aromatic N) is 3. The summed E-state index contributed by atoms with van der Waals surface area (Å²) in [5.74, 6) is 1.05. The lowest BCUT2D eigenvalue weighted by Gasteiger charge is -2.24. The Hall–Kier alpha value is -1.32. The first kappa shape index (κ1) is 13.7. The van der Waals surface area contributed by atoms with Crippen LogP contribution in [0.5, 0.6) is 0 Å². The molecule has 0 aliphatic carbocycles. The van der Waals surface area contributed by atoms with Crippen molar-refractivity contribution in [2.45, 2.75) is 31.8 Å². The number of hydrogen-bond acceptors (Lipinski definition) is 2. The Morgan fingerprint density at radius 3 is 2.80 bits per heavy atom. The van der Waals surface area contributed by atoms with E-state index in [1.807, 2.05) is 11.6 Å². The molecular formula is C16H20ClN3. The Morgan fingerprint density at radius 1 is 1.30 bits per heavy atom. The maximum atomic E-state index is 6.06. The smallest absolute Gasteiger partial charge is 0.128 e. The van der Waals surface area contributed by atoms with Gasteiger partial charge in [-0.15, -0.1) is 0 Å². The number of imidazole rings is 1. The Balaban J connectivity index is 1.68. The van der Waals surface area contributed by atoms with Gasteiger partial charge in [-0.1, -0.05) is 41.9 Å². The molecule has 1 atom stereocenters. The van der Waals surface area contributed by atoms with Crippen LogP contribution in [-0.4, -0.2) is 27.0 Å². The molecule has 1 saturated heterocycles. The normalized spacial score (nSPS) is 19.6. The zero-order valence-corrected chi connectivity index (χ0v) is 12.6. The largest absolute Gasteiger partial charge is 0.321 e. The molecule has 1 aliphatic heterocycles. The summed E-state index contributed by atoms with van der Waals surface area (Å²) in [5.41, 5.74) is 1.42.